The van der Waals surface area contributed by atoms with Gasteiger partial charge in [-0.3, -0.25) is 9.59 Å². The number of aromatic hydroxyl groups is 2. The Hall–Kier alpha value is -2.58. The van der Waals surface area contributed by atoms with E-state index >= 15 is 0 Å². The molecule has 142 valence electrons. The van der Waals surface area contributed by atoms with Crippen molar-refractivity contribution in [3.8, 4) is 11.5 Å². The summed E-state index contributed by atoms with van der Waals surface area (Å²) in [5, 5.41) is 24.1. The monoisotopic (exact) mass is 402 g/mol. The fourth-order valence-corrected chi connectivity index (χ4v) is 2.04. The summed E-state index contributed by atoms with van der Waals surface area (Å²) in [6.45, 7) is 0.925. The molecule has 0 atom stereocenters. The molecule has 10 heteroatoms. The molecule has 0 aliphatic heterocycles. The predicted octanol–water partition coefficient (Wildman–Crippen LogP) is -6.33. The minimum absolute atomic E-state index is 0. The number of carbonyl (C=O) groups excluding carboxylic acids is 2. The normalized spacial score (nSPS) is 9.38. The van der Waals surface area contributed by atoms with Gasteiger partial charge in [-0.1, -0.05) is 0 Å². The summed E-state index contributed by atoms with van der Waals surface area (Å²) in [4.78, 5) is 29.0. The van der Waals surface area contributed by atoms with Crippen LogP contribution >= 0.6 is 0 Å². The van der Waals surface area contributed by atoms with Crippen molar-refractivity contribution in [1.29, 1.82) is 0 Å². The van der Waals surface area contributed by atoms with Gasteiger partial charge in [-0.15, -0.1) is 0 Å². The van der Waals surface area contributed by atoms with Crippen molar-refractivity contribution in [3.05, 3.63) is 48.0 Å². The fraction of sp³-hybridized carbons (Fsp3) is 0.250. The summed E-state index contributed by atoms with van der Waals surface area (Å²) in [5.41, 5.74) is 0.701. The number of carbonyl (C=O) groups is 2. The molecule has 2 rings (SSSR count). The van der Waals surface area contributed by atoms with Crippen LogP contribution in [-0.2, 0) is 0 Å². The third-order valence-electron chi connectivity index (χ3n) is 3.25. The fourth-order valence-electron chi connectivity index (χ4n) is 2.04. The van der Waals surface area contributed by atoms with Gasteiger partial charge in [-0.25, -0.2) is 9.97 Å². The molecule has 26 heavy (non-hydrogen) atoms. The summed E-state index contributed by atoms with van der Waals surface area (Å²) < 4.78 is 0. The van der Waals surface area contributed by atoms with Crippen molar-refractivity contribution in [2.24, 2.45) is 0 Å². The summed E-state index contributed by atoms with van der Waals surface area (Å²) in [5.74, 6) is -0.563. The number of unbranched alkanes of at least 4 members (excludes halogenated alkanes) is 1. The highest BCUT2D eigenvalue weighted by atomic mass is 35.5. The zero-order valence-electron chi connectivity index (χ0n) is 13.8. The summed E-state index contributed by atoms with van der Waals surface area (Å²) in [6.07, 6.45) is 7.15. The Balaban J connectivity index is 0.00000312. The molecule has 2 aromatic rings. The van der Waals surface area contributed by atoms with Crippen LogP contribution in [0.15, 0.2) is 36.9 Å². The lowest BCUT2D eigenvalue weighted by atomic mass is 10.2. The molecule has 0 spiro atoms. The van der Waals surface area contributed by atoms with Crippen LogP contribution < -0.4 is 45.4 Å². The minimum Gasteiger partial charge on any atom is -1.00 e. The highest BCUT2D eigenvalue weighted by Gasteiger charge is 2.10. The van der Waals surface area contributed by atoms with Gasteiger partial charge in [0.2, 0.25) is 12.4 Å². The number of aromatic nitrogens is 2. The van der Waals surface area contributed by atoms with Gasteiger partial charge in [0.1, 0.15) is 11.1 Å². The Morgan fingerprint density at radius 2 is 1.15 bits per heavy atom. The molecule has 0 saturated carbocycles. The van der Waals surface area contributed by atoms with E-state index < -0.39 is 0 Å². The van der Waals surface area contributed by atoms with Crippen LogP contribution in [-0.4, -0.2) is 35.1 Å². The van der Waals surface area contributed by atoms with Gasteiger partial charge in [0, 0.05) is 25.2 Å². The molecule has 0 aromatic carbocycles. The summed E-state index contributed by atoms with van der Waals surface area (Å²) >= 11 is 0. The van der Waals surface area contributed by atoms with Crippen molar-refractivity contribution in [3.63, 3.8) is 0 Å². The molecule has 0 aliphatic carbocycles. The zero-order valence-corrected chi connectivity index (χ0v) is 15.3. The Morgan fingerprint density at radius 3 is 1.50 bits per heavy atom. The lowest BCUT2D eigenvalue weighted by Gasteiger charge is -2.06. The van der Waals surface area contributed by atoms with E-state index in [4.69, 9.17) is 0 Å². The van der Waals surface area contributed by atoms with Crippen LogP contribution in [0.2, 0.25) is 0 Å². The van der Waals surface area contributed by atoms with Crippen molar-refractivity contribution in [1.82, 2.24) is 10.6 Å². The molecule has 2 amide bonds. The maximum absolute atomic E-state index is 11.8. The number of hydrogen-bond acceptors (Lipinski definition) is 4. The van der Waals surface area contributed by atoms with Gasteiger partial charge in [0.15, 0.2) is 23.9 Å². The highest BCUT2D eigenvalue weighted by molar-refractivity contribution is 5.94. The van der Waals surface area contributed by atoms with Crippen LogP contribution in [0.4, 0.5) is 0 Å². The zero-order chi connectivity index (χ0) is 17.4. The van der Waals surface area contributed by atoms with Gasteiger partial charge in [-0.05, 0) is 12.8 Å². The molecule has 0 unspecified atom stereocenters. The third kappa shape index (κ3) is 7.54. The number of hydrogen-bond donors (Lipinski definition) is 4. The maximum atomic E-state index is 11.8. The molecular weight excluding hydrogens is 383 g/mol. The minimum atomic E-state index is -0.276. The first-order chi connectivity index (χ1) is 11.6. The number of pyridine rings is 2. The number of halogens is 2. The molecule has 0 fully saturated rings. The summed E-state index contributed by atoms with van der Waals surface area (Å²) in [6, 6.07) is 2.75. The van der Waals surface area contributed by atoms with Crippen molar-refractivity contribution >= 4 is 11.8 Å². The number of aromatic amines is 2. The van der Waals surface area contributed by atoms with E-state index in [1.54, 1.807) is 0 Å². The second-order valence-electron chi connectivity index (χ2n) is 5.18. The molecule has 8 nitrogen and oxygen atoms in total. The van der Waals surface area contributed by atoms with Crippen LogP contribution in [0.25, 0.3) is 0 Å². The van der Waals surface area contributed by atoms with Crippen molar-refractivity contribution < 1.29 is 54.6 Å². The number of H-pyrrole nitrogens is 2. The Bertz CT molecular complexity index is 669. The third-order valence-corrected chi connectivity index (χ3v) is 3.25. The average molecular weight is 403 g/mol. The molecule has 0 radical (unpaired) electrons. The molecule has 0 aliphatic rings. The molecular formula is C16H20Cl2N4O4. The lowest BCUT2D eigenvalue weighted by molar-refractivity contribution is -0.379. The van der Waals surface area contributed by atoms with Gasteiger partial charge in [0.05, 0.1) is 0 Å². The number of amides is 2. The number of rotatable bonds is 7. The Labute approximate surface area is 162 Å². The summed E-state index contributed by atoms with van der Waals surface area (Å²) in [7, 11) is 0. The maximum Gasteiger partial charge on any atom is 0.257 e. The van der Waals surface area contributed by atoms with E-state index in [0.29, 0.717) is 37.1 Å². The Kier molecular flexibility index (Phi) is 10.7. The predicted molar refractivity (Wildman–Crippen MR) is 83.2 cm³/mol. The molecule has 0 bridgehead atoms. The SMILES string of the molecule is O=C(NCCCCNC(=O)c1c[nH+]cc(O)c1)c1c[nH+]cc(O)c1.[Cl-].[Cl-]. The second kappa shape index (κ2) is 11.9. The van der Waals surface area contributed by atoms with E-state index in [2.05, 4.69) is 20.6 Å². The number of nitrogens with one attached hydrogen (secondary N) is 4. The first-order valence-electron chi connectivity index (χ1n) is 7.53. The first kappa shape index (κ1) is 23.4. The van der Waals surface area contributed by atoms with Crippen LogP contribution in [0.1, 0.15) is 33.6 Å². The topological polar surface area (TPSA) is 127 Å². The van der Waals surface area contributed by atoms with E-state index in [1.807, 2.05) is 0 Å². The first-order valence-corrected chi connectivity index (χ1v) is 7.53. The van der Waals surface area contributed by atoms with Gasteiger partial charge < -0.3 is 45.7 Å². The quantitative estimate of drug-likeness (QED) is 0.343. The lowest BCUT2D eigenvalue weighted by Crippen LogP contribution is -3.00. The smallest absolute Gasteiger partial charge is 0.257 e. The average Bonchev–Trinajstić information content (AvgIpc) is 2.57. The molecule has 0 saturated heterocycles. The van der Waals surface area contributed by atoms with Crippen LogP contribution in [0, 0.1) is 0 Å². The van der Waals surface area contributed by atoms with Gasteiger partial charge in [0.25, 0.3) is 11.8 Å². The highest BCUT2D eigenvalue weighted by Crippen LogP contribution is 2.06. The van der Waals surface area contributed by atoms with Gasteiger partial charge in [-0.2, -0.15) is 0 Å². The van der Waals surface area contributed by atoms with Gasteiger partial charge >= 0.3 is 0 Å². The standard InChI is InChI=1S/C16H18N4O4.2ClH/c21-13-5-11(7-17-9-13)15(23)19-3-1-2-4-20-16(24)12-6-14(22)10-18-8-12;;/h5-10,21-22H,1-4H2,(H,19,23)(H,20,24);2*1H. The van der Waals surface area contributed by atoms with E-state index in [-0.39, 0.29) is 48.1 Å². The van der Waals surface area contributed by atoms with E-state index in [9.17, 15) is 19.8 Å². The van der Waals surface area contributed by atoms with Crippen molar-refractivity contribution in [2.75, 3.05) is 13.1 Å². The Morgan fingerprint density at radius 1 is 0.769 bits per heavy atom. The second-order valence-corrected chi connectivity index (χ2v) is 5.18. The molecule has 2 heterocycles. The molecule has 2 aromatic heterocycles. The van der Waals surface area contributed by atoms with E-state index in [1.165, 1.54) is 36.9 Å². The van der Waals surface area contributed by atoms with E-state index in [0.717, 1.165) is 0 Å². The largest absolute Gasteiger partial charge is 1.00 e. The van der Waals surface area contributed by atoms with Crippen LogP contribution in [0.3, 0.4) is 0 Å². The van der Waals surface area contributed by atoms with Crippen LogP contribution in [0.5, 0.6) is 11.5 Å². The van der Waals surface area contributed by atoms with Crippen molar-refractivity contribution in [2.45, 2.75) is 12.8 Å². The molecule has 6 N–H and O–H groups in total.